The highest BCUT2D eigenvalue weighted by Gasteiger charge is 2.19. The van der Waals surface area contributed by atoms with Gasteiger partial charge < -0.3 is 4.74 Å². The maximum Gasteiger partial charge on any atom is 0.309 e. The van der Waals surface area contributed by atoms with Crippen molar-refractivity contribution >= 4 is 51.0 Å². The lowest BCUT2D eigenvalue weighted by atomic mass is 9.89. The van der Waals surface area contributed by atoms with E-state index in [4.69, 9.17) is 16.3 Å². The normalized spacial score (nSPS) is 11.9. The molecule has 0 aliphatic carbocycles. The van der Waals surface area contributed by atoms with Gasteiger partial charge in [0.1, 0.15) is 0 Å². The van der Waals surface area contributed by atoms with Gasteiger partial charge in [-0.1, -0.05) is 54.1 Å². The molecule has 0 spiro atoms. The lowest BCUT2D eigenvalue weighted by Gasteiger charge is -2.22. The summed E-state index contributed by atoms with van der Waals surface area (Å²) in [5.41, 5.74) is 5.83. The van der Waals surface area contributed by atoms with E-state index in [1.807, 2.05) is 86.6 Å². The molecule has 1 unspecified atom stereocenters. The topological polar surface area (TPSA) is 66.8 Å². The highest BCUT2D eigenvalue weighted by Crippen LogP contribution is 2.38. The molecule has 0 amide bonds. The van der Waals surface area contributed by atoms with E-state index in [1.165, 1.54) is 11.4 Å². The molecule has 0 radical (unpaired) electrons. The van der Waals surface area contributed by atoms with Crippen LogP contribution in [0.15, 0.2) is 72.8 Å². The summed E-state index contributed by atoms with van der Waals surface area (Å²) < 4.78 is 28.5. The number of para-hydroxylation sites is 1. The number of fused-ring (bicyclic) bond motifs is 1. The van der Waals surface area contributed by atoms with Crippen LogP contribution in [0.1, 0.15) is 16.7 Å². The van der Waals surface area contributed by atoms with Crippen molar-refractivity contribution in [2.24, 2.45) is 0 Å². The van der Waals surface area contributed by atoms with E-state index in [0.717, 1.165) is 38.6 Å². The molecule has 0 heterocycles. The fourth-order valence-electron chi connectivity index (χ4n) is 4.18. The smallest absolute Gasteiger partial charge is 0.309 e. The second kappa shape index (κ2) is 9.97. The van der Waals surface area contributed by atoms with Gasteiger partial charge in [0.05, 0.1) is 24.9 Å². The van der Waals surface area contributed by atoms with Crippen LogP contribution >= 0.6 is 11.6 Å². The molecule has 0 aliphatic heterocycles. The number of carbonyl (C=O) groups excluding carboxylic acids is 1. The van der Waals surface area contributed by atoms with Gasteiger partial charge in [-0.3, -0.25) is 9.35 Å². The SMILES string of the molecule is COC(=O)Cc1cc2ccc(Cl)cc2c(-c2ccc(N(c3ccccc3C)S(=O)O)cc2)c1C. The van der Waals surface area contributed by atoms with Crippen LogP contribution in [-0.4, -0.2) is 21.8 Å². The molecule has 4 rings (SSSR count). The monoisotopic (exact) mass is 493 g/mol. The van der Waals surface area contributed by atoms with Crippen LogP contribution in [0, 0.1) is 13.8 Å². The molecule has 4 aromatic carbocycles. The van der Waals surface area contributed by atoms with Gasteiger partial charge >= 0.3 is 5.97 Å². The molecule has 0 fully saturated rings. The Morgan fingerprint density at radius 1 is 1.03 bits per heavy atom. The molecular weight excluding hydrogens is 470 g/mol. The third kappa shape index (κ3) is 4.71. The van der Waals surface area contributed by atoms with Crippen LogP contribution < -0.4 is 4.31 Å². The van der Waals surface area contributed by atoms with Crippen LogP contribution in [0.3, 0.4) is 0 Å². The molecular formula is C27H24ClNO4S. The zero-order valence-corrected chi connectivity index (χ0v) is 20.6. The molecule has 0 aromatic heterocycles. The summed E-state index contributed by atoms with van der Waals surface area (Å²) in [4.78, 5) is 12.0. The third-order valence-corrected chi connectivity index (χ3v) is 6.87. The summed E-state index contributed by atoms with van der Waals surface area (Å²) in [6.45, 7) is 3.87. The zero-order valence-electron chi connectivity index (χ0n) is 19.0. The minimum absolute atomic E-state index is 0.163. The molecule has 0 saturated heterocycles. The van der Waals surface area contributed by atoms with Crippen LogP contribution in [0.2, 0.25) is 5.02 Å². The Balaban J connectivity index is 1.85. The van der Waals surface area contributed by atoms with Crippen molar-refractivity contribution < 1.29 is 18.3 Å². The number of ether oxygens (including phenoxy) is 1. The third-order valence-electron chi connectivity index (χ3n) is 5.91. The van der Waals surface area contributed by atoms with Gasteiger partial charge in [-0.25, -0.2) is 8.51 Å². The highest BCUT2D eigenvalue weighted by atomic mass is 35.5. The Morgan fingerprint density at radius 2 is 1.74 bits per heavy atom. The maximum absolute atomic E-state index is 12.2. The van der Waals surface area contributed by atoms with Gasteiger partial charge in [0.25, 0.3) is 11.3 Å². The molecule has 1 N–H and O–H groups in total. The number of aryl methyl sites for hydroxylation is 1. The second-order valence-electron chi connectivity index (χ2n) is 8.01. The van der Waals surface area contributed by atoms with Crippen LogP contribution in [0.25, 0.3) is 21.9 Å². The first-order chi connectivity index (χ1) is 16.3. The molecule has 7 heteroatoms. The van der Waals surface area contributed by atoms with Crippen molar-refractivity contribution in [1.82, 2.24) is 0 Å². The number of benzene rings is 4. The van der Waals surface area contributed by atoms with Gasteiger partial charge in [0.2, 0.25) is 0 Å². The Bertz CT molecular complexity index is 1400. The average Bonchev–Trinajstić information content (AvgIpc) is 2.81. The number of hydrogen-bond acceptors (Lipinski definition) is 3. The van der Waals surface area contributed by atoms with Crippen molar-refractivity contribution in [2.45, 2.75) is 20.3 Å². The standard InChI is InChI=1S/C27H24ClNO4S/c1-17-6-4-5-7-25(17)29(34(31)32)23-12-9-19(10-13-23)27-18(2)21(15-26(30)33-3)14-20-8-11-22(28)16-24(20)27/h4-14,16H,15H2,1-3H3,(H,31,32). The molecule has 4 aromatic rings. The van der Waals surface area contributed by atoms with Crippen molar-refractivity contribution in [1.29, 1.82) is 0 Å². The average molecular weight is 494 g/mol. The molecule has 0 saturated carbocycles. The van der Waals surface area contributed by atoms with E-state index in [0.29, 0.717) is 16.4 Å². The van der Waals surface area contributed by atoms with Crippen molar-refractivity contribution in [2.75, 3.05) is 11.4 Å². The van der Waals surface area contributed by atoms with Crippen LogP contribution in [-0.2, 0) is 27.2 Å². The molecule has 1 atom stereocenters. The largest absolute Gasteiger partial charge is 0.469 e. The van der Waals surface area contributed by atoms with Gasteiger partial charge in [0, 0.05) is 5.02 Å². The number of nitrogens with zero attached hydrogens (tertiary/aromatic N) is 1. The Kier molecular flexibility index (Phi) is 7.03. The van der Waals surface area contributed by atoms with Gasteiger partial charge in [0.15, 0.2) is 0 Å². The van der Waals surface area contributed by atoms with E-state index in [2.05, 4.69) is 0 Å². The van der Waals surface area contributed by atoms with E-state index in [-0.39, 0.29) is 12.4 Å². The first kappa shape index (κ1) is 24.0. The van der Waals surface area contributed by atoms with Gasteiger partial charge in [-0.05, 0) is 82.8 Å². The fraction of sp³-hybridized carbons (Fsp3) is 0.148. The molecule has 34 heavy (non-hydrogen) atoms. The lowest BCUT2D eigenvalue weighted by Crippen LogP contribution is -2.20. The van der Waals surface area contributed by atoms with Gasteiger partial charge in [-0.2, -0.15) is 0 Å². The summed E-state index contributed by atoms with van der Waals surface area (Å²) in [5.74, 6) is -0.308. The summed E-state index contributed by atoms with van der Waals surface area (Å²) >= 11 is 4.08. The fourth-order valence-corrected chi connectivity index (χ4v) is 5.03. The Labute approximate surface area is 206 Å². The first-order valence-corrected chi connectivity index (χ1v) is 12.1. The van der Waals surface area contributed by atoms with Crippen molar-refractivity contribution in [3.63, 3.8) is 0 Å². The minimum Gasteiger partial charge on any atom is -0.469 e. The number of rotatable bonds is 6. The highest BCUT2D eigenvalue weighted by molar-refractivity contribution is 7.81. The molecule has 174 valence electrons. The number of carbonyl (C=O) groups is 1. The molecule has 5 nitrogen and oxygen atoms in total. The quantitative estimate of drug-likeness (QED) is 0.238. The summed E-state index contributed by atoms with van der Waals surface area (Å²) in [7, 11) is 1.38. The predicted octanol–water partition coefficient (Wildman–Crippen LogP) is 6.77. The minimum atomic E-state index is -2.24. The van der Waals surface area contributed by atoms with Crippen LogP contribution in [0.5, 0.6) is 0 Å². The zero-order chi connectivity index (χ0) is 24.4. The first-order valence-electron chi connectivity index (χ1n) is 10.7. The number of esters is 1. The maximum atomic E-state index is 12.2. The number of halogens is 1. The predicted molar refractivity (Wildman–Crippen MR) is 139 cm³/mol. The van der Waals surface area contributed by atoms with E-state index < -0.39 is 11.3 Å². The van der Waals surface area contributed by atoms with Crippen molar-refractivity contribution in [3.8, 4) is 11.1 Å². The van der Waals surface area contributed by atoms with E-state index >= 15 is 0 Å². The Hall–Kier alpha value is -3.19. The second-order valence-corrected chi connectivity index (χ2v) is 9.28. The summed E-state index contributed by atoms with van der Waals surface area (Å²) in [6.07, 6.45) is 0.163. The summed E-state index contributed by atoms with van der Waals surface area (Å²) in [6, 6.07) is 22.6. The summed E-state index contributed by atoms with van der Waals surface area (Å²) in [5, 5.41) is 2.55. The van der Waals surface area contributed by atoms with E-state index in [1.54, 1.807) is 0 Å². The van der Waals surface area contributed by atoms with Crippen LogP contribution in [0.4, 0.5) is 11.4 Å². The van der Waals surface area contributed by atoms with E-state index in [9.17, 15) is 13.6 Å². The lowest BCUT2D eigenvalue weighted by molar-refractivity contribution is -0.139. The molecule has 0 bridgehead atoms. The Morgan fingerprint density at radius 3 is 2.38 bits per heavy atom. The number of hydrogen-bond donors (Lipinski definition) is 1. The number of anilines is 2. The number of methoxy groups -OCH3 is 1. The molecule has 0 aliphatic rings. The van der Waals surface area contributed by atoms with Gasteiger partial charge in [-0.15, -0.1) is 0 Å². The van der Waals surface area contributed by atoms with Crippen molar-refractivity contribution in [3.05, 3.63) is 94.5 Å².